The summed E-state index contributed by atoms with van der Waals surface area (Å²) in [6.07, 6.45) is -2.88. The zero-order chi connectivity index (χ0) is 19.5. The van der Waals surface area contributed by atoms with Crippen LogP contribution in [0.3, 0.4) is 0 Å². The summed E-state index contributed by atoms with van der Waals surface area (Å²) >= 11 is 0. The van der Waals surface area contributed by atoms with Gasteiger partial charge in [0, 0.05) is 18.9 Å². The molecule has 1 fully saturated rings. The van der Waals surface area contributed by atoms with Gasteiger partial charge >= 0.3 is 11.9 Å². The molecule has 9 nitrogen and oxygen atoms in total. The number of benzene rings is 1. The standard InChI is InChI=1S/C17H20O9/c1-25-16(23)17(24)7-12(20)15(13(21)8-17)26-14(22)5-3-9-2-4-10(18)11(19)6-9/h2-6,12-13,15,18-21,24H,7-8H2,1H3/b5-3+/t12-,13-,15?,17?/m0/s1. The van der Waals surface area contributed by atoms with Crippen LogP contribution < -0.4 is 0 Å². The molecule has 1 aromatic carbocycles. The number of aliphatic hydroxyl groups is 3. The van der Waals surface area contributed by atoms with E-state index in [2.05, 4.69) is 4.74 Å². The molecule has 5 N–H and O–H groups in total. The molecule has 2 atom stereocenters. The summed E-state index contributed by atoms with van der Waals surface area (Å²) in [4.78, 5) is 23.4. The van der Waals surface area contributed by atoms with Crippen molar-refractivity contribution in [2.24, 2.45) is 0 Å². The lowest BCUT2D eigenvalue weighted by molar-refractivity contribution is -0.198. The smallest absolute Gasteiger partial charge is 0.338 e. The number of ether oxygens (including phenoxy) is 2. The number of phenolic OH excluding ortho intramolecular Hbond substituents is 2. The predicted molar refractivity (Wildman–Crippen MR) is 86.9 cm³/mol. The number of methoxy groups -OCH3 is 1. The van der Waals surface area contributed by atoms with Crippen LogP contribution in [-0.2, 0) is 19.1 Å². The molecule has 0 spiro atoms. The number of phenols is 2. The second-order valence-electron chi connectivity index (χ2n) is 6.05. The molecule has 0 amide bonds. The predicted octanol–water partition coefficient (Wildman–Crippen LogP) is -0.558. The minimum absolute atomic E-state index is 0.309. The first-order valence-electron chi connectivity index (χ1n) is 7.74. The molecule has 1 aliphatic carbocycles. The van der Waals surface area contributed by atoms with Crippen LogP contribution in [0.2, 0.25) is 0 Å². The van der Waals surface area contributed by atoms with E-state index in [4.69, 9.17) is 4.74 Å². The SMILES string of the molecule is COC(=O)C1(O)C[C@H](O)C(OC(=O)/C=C/c2ccc(O)c(O)c2)[C@@H](O)C1. The van der Waals surface area contributed by atoms with Gasteiger partial charge < -0.3 is 35.0 Å². The van der Waals surface area contributed by atoms with Crippen molar-refractivity contribution in [2.45, 2.75) is 36.8 Å². The number of carbonyl (C=O) groups is 2. The third-order valence-electron chi connectivity index (χ3n) is 4.08. The summed E-state index contributed by atoms with van der Waals surface area (Å²) in [5.41, 5.74) is -1.65. The Kier molecular flexibility index (Phi) is 5.86. The molecule has 0 aromatic heterocycles. The van der Waals surface area contributed by atoms with Crippen LogP contribution in [0, 0.1) is 0 Å². The van der Waals surface area contributed by atoms with Gasteiger partial charge in [-0.1, -0.05) is 6.07 Å². The van der Waals surface area contributed by atoms with Crippen molar-refractivity contribution in [3.8, 4) is 11.5 Å². The molecule has 1 aromatic rings. The molecule has 2 rings (SSSR count). The molecule has 0 heterocycles. The minimum atomic E-state index is -2.06. The highest BCUT2D eigenvalue weighted by molar-refractivity contribution is 5.87. The van der Waals surface area contributed by atoms with Gasteiger partial charge in [-0.2, -0.15) is 0 Å². The molecule has 9 heteroatoms. The summed E-state index contributed by atoms with van der Waals surface area (Å²) < 4.78 is 9.44. The van der Waals surface area contributed by atoms with Crippen LogP contribution in [0.1, 0.15) is 18.4 Å². The molecular weight excluding hydrogens is 348 g/mol. The monoisotopic (exact) mass is 368 g/mol. The fourth-order valence-electron chi connectivity index (χ4n) is 2.76. The largest absolute Gasteiger partial charge is 0.504 e. The average Bonchev–Trinajstić information content (AvgIpc) is 2.58. The van der Waals surface area contributed by atoms with Gasteiger partial charge in [0.1, 0.15) is 0 Å². The molecule has 1 saturated carbocycles. The van der Waals surface area contributed by atoms with E-state index in [1.54, 1.807) is 0 Å². The molecular formula is C17H20O9. The van der Waals surface area contributed by atoms with E-state index >= 15 is 0 Å². The van der Waals surface area contributed by atoms with Crippen LogP contribution in [-0.4, -0.2) is 68.5 Å². The molecule has 0 aliphatic heterocycles. The second-order valence-corrected chi connectivity index (χ2v) is 6.05. The van der Waals surface area contributed by atoms with Gasteiger partial charge in [0.05, 0.1) is 19.3 Å². The van der Waals surface area contributed by atoms with Gasteiger partial charge in [-0.25, -0.2) is 9.59 Å². The van der Waals surface area contributed by atoms with Gasteiger partial charge in [-0.3, -0.25) is 0 Å². The summed E-state index contributed by atoms with van der Waals surface area (Å²) in [7, 11) is 1.07. The lowest BCUT2D eigenvalue weighted by Gasteiger charge is -2.39. The number of aliphatic hydroxyl groups excluding tert-OH is 2. The molecule has 142 valence electrons. The first-order chi connectivity index (χ1) is 12.2. The van der Waals surface area contributed by atoms with Crippen molar-refractivity contribution in [1.29, 1.82) is 0 Å². The highest BCUT2D eigenvalue weighted by Gasteiger charge is 2.50. The Hall–Kier alpha value is -2.62. The number of hydrogen-bond acceptors (Lipinski definition) is 9. The molecule has 0 radical (unpaired) electrons. The second kappa shape index (κ2) is 7.73. The Morgan fingerprint density at radius 1 is 1.15 bits per heavy atom. The molecule has 1 aliphatic rings. The Balaban J connectivity index is 2.01. The van der Waals surface area contributed by atoms with Crippen LogP contribution in [0.5, 0.6) is 11.5 Å². The van der Waals surface area contributed by atoms with Gasteiger partial charge in [0.25, 0.3) is 0 Å². The lowest BCUT2D eigenvalue weighted by atomic mass is 9.79. The topological polar surface area (TPSA) is 154 Å². The van der Waals surface area contributed by atoms with Gasteiger partial charge in [-0.15, -0.1) is 0 Å². The Morgan fingerprint density at radius 3 is 2.31 bits per heavy atom. The van der Waals surface area contributed by atoms with E-state index in [1.807, 2.05) is 0 Å². The van der Waals surface area contributed by atoms with E-state index in [1.165, 1.54) is 24.3 Å². The van der Waals surface area contributed by atoms with E-state index in [9.17, 15) is 35.1 Å². The Morgan fingerprint density at radius 2 is 1.77 bits per heavy atom. The Bertz CT molecular complexity index is 700. The van der Waals surface area contributed by atoms with Crippen LogP contribution in [0.15, 0.2) is 24.3 Å². The summed E-state index contributed by atoms with van der Waals surface area (Å²) in [5.74, 6) is -2.55. The van der Waals surface area contributed by atoms with E-state index in [-0.39, 0.29) is 11.5 Å². The maximum Gasteiger partial charge on any atom is 0.338 e. The van der Waals surface area contributed by atoms with E-state index in [0.717, 1.165) is 13.2 Å². The minimum Gasteiger partial charge on any atom is -0.504 e. The van der Waals surface area contributed by atoms with Crippen molar-refractivity contribution in [3.63, 3.8) is 0 Å². The van der Waals surface area contributed by atoms with Gasteiger partial charge in [0.2, 0.25) is 0 Å². The quantitative estimate of drug-likeness (QED) is 0.267. The maximum absolute atomic E-state index is 11.9. The highest BCUT2D eigenvalue weighted by atomic mass is 16.6. The van der Waals surface area contributed by atoms with Crippen molar-refractivity contribution in [2.75, 3.05) is 7.11 Å². The molecule has 0 saturated heterocycles. The number of carbonyl (C=O) groups excluding carboxylic acids is 2. The number of esters is 2. The zero-order valence-electron chi connectivity index (χ0n) is 13.9. The average molecular weight is 368 g/mol. The van der Waals surface area contributed by atoms with Crippen LogP contribution >= 0.6 is 0 Å². The van der Waals surface area contributed by atoms with Crippen molar-refractivity contribution in [3.05, 3.63) is 29.8 Å². The highest BCUT2D eigenvalue weighted by Crippen LogP contribution is 2.32. The number of aromatic hydroxyl groups is 2. The van der Waals surface area contributed by atoms with Gasteiger partial charge in [0.15, 0.2) is 23.2 Å². The third kappa shape index (κ3) is 4.31. The van der Waals surface area contributed by atoms with E-state index in [0.29, 0.717) is 5.56 Å². The normalized spacial score (nSPS) is 28.7. The molecule has 0 unspecified atom stereocenters. The molecule has 26 heavy (non-hydrogen) atoms. The van der Waals surface area contributed by atoms with Crippen LogP contribution in [0.4, 0.5) is 0 Å². The molecule has 0 bridgehead atoms. The number of rotatable bonds is 4. The van der Waals surface area contributed by atoms with Crippen LogP contribution in [0.25, 0.3) is 6.08 Å². The van der Waals surface area contributed by atoms with Crippen molar-refractivity contribution in [1.82, 2.24) is 0 Å². The summed E-state index contributed by atoms with van der Waals surface area (Å²) in [6, 6.07) is 3.90. The van der Waals surface area contributed by atoms with Crippen molar-refractivity contribution < 1.29 is 44.6 Å². The zero-order valence-corrected chi connectivity index (χ0v) is 13.9. The maximum atomic E-state index is 11.9. The van der Waals surface area contributed by atoms with Gasteiger partial charge in [-0.05, 0) is 23.8 Å². The fraction of sp³-hybridized carbons (Fsp3) is 0.412. The Labute approximate surface area is 148 Å². The van der Waals surface area contributed by atoms with E-state index < -0.39 is 48.7 Å². The lowest BCUT2D eigenvalue weighted by Crippen LogP contribution is -2.57. The third-order valence-corrected chi connectivity index (χ3v) is 4.08. The first kappa shape index (κ1) is 19.7. The fourth-order valence-corrected chi connectivity index (χ4v) is 2.76. The first-order valence-corrected chi connectivity index (χ1v) is 7.74. The van der Waals surface area contributed by atoms with Crippen molar-refractivity contribution >= 4 is 18.0 Å². The number of hydrogen-bond donors (Lipinski definition) is 5. The summed E-state index contributed by atoms with van der Waals surface area (Å²) in [6.45, 7) is 0. The summed E-state index contributed by atoms with van der Waals surface area (Å²) in [5, 5.41) is 48.8.